The van der Waals surface area contributed by atoms with Crippen LogP contribution in [-0.4, -0.2) is 45.5 Å². The lowest BCUT2D eigenvalue weighted by atomic mass is 10.5. The number of rotatable bonds is 4. The quantitative estimate of drug-likeness (QED) is 0.612. The van der Waals surface area contributed by atoms with Gasteiger partial charge in [-0.05, 0) is 6.42 Å². The Balaban J connectivity index is 2.46. The summed E-state index contributed by atoms with van der Waals surface area (Å²) < 4.78 is 28.3. The molecule has 0 unspecified atom stereocenters. The third kappa shape index (κ3) is 2.41. The predicted octanol–water partition coefficient (Wildman–Crippen LogP) is -0.400. The Labute approximate surface area is 72.3 Å². The Morgan fingerprint density at radius 2 is 2.33 bits per heavy atom. The smallest absolute Gasteiger partial charge is 0.238 e. The van der Waals surface area contributed by atoms with Crippen LogP contribution in [-0.2, 0) is 19.6 Å². The molecule has 1 saturated heterocycles. The number of hydrogen-bond acceptors (Lipinski definition) is 4. The Hall–Kier alpha value is -0.170. The van der Waals surface area contributed by atoms with Gasteiger partial charge in [0.15, 0.2) is 0 Å². The van der Waals surface area contributed by atoms with Gasteiger partial charge in [-0.15, -0.1) is 0 Å². The van der Waals surface area contributed by atoms with E-state index in [1.54, 1.807) is 0 Å². The molecule has 0 saturated carbocycles. The van der Waals surface area contributed by atoms with Gasteiger partial charge in [0.2, 0.25) is 10.0 Å². The zero-order valence-corrected chi connectivity index (χ0v) is 7.84. The lowest BCUT2D eigenvalue weighted by molar-refractivity contribution is -0.0288. The fourth-order valence-corrected chi connectivity index (χ4v) is 2.16. The summed E-state index contributed by atoms with van der Waals surface area (Å²) in [7, 11) is -1.76. The molecule has 1 aliphatic heterocycles. The second-order valence-corrected chi connectivity index (χ2v) is 4.50. The second kappa shape index (κ2) is 4.18. The van der Waals surface area contributed by atoms with Crippen LogP contribution in [0.3, 0.4) is 0 Å². The second-order valence-electron chi connectivity index (χ2n) is 2.52. The summed E-state index contributed by atoms with van der Waals surface area (Å²) in [6.45, 7) is 1.17. The Bertz CT molecular complexity index is 220. The molecular weight excluding hydrogens is 182 g/mol. The molecule has 0 aliphatic carbocycles. The summed E-state index contributed by atoms with van der Waals surface area (Å²) in [5.74, 6) is -0.0104. The van der Waals surface area contributed by atoms with Gasteiger partial charge in [0.1, 0.15) is 0 Å². The highest BCUT2D eigenvalue weighted by molar-refractivity contribution is 7.88. The molecule has 0 aromatic rings. The molecule has 0 aromatic carbocycles. The first kappa shape index (κ1) is 9.91. The van der Waals surface area contributed by atoms with E-state index in [4.69, 9.17) is 4.84 Å². The highest BCUT2D eigenvalue weighted by atomic mass is 32.2. The van der Waals surface area contributed by atoms with Gasteiger partial charge in [-0.3, -0.25) is 4.84 Å². The molecule has 0 spiro atoms. The minimum absolute atomic E-state index is 0.0104. The van der Waals surface area contributed by atoms with Crippen molar-refractivity contribution in [2.45, 2.75) is 6.42 Å². The third-order valence-corrected chi connectivity index (χ3v) is 3.17. The maximum absolute atomic E-state index is 11.3. The summed E-state index contributed by atoms with van der Waals surface area (Å²) in [6, 6.07) is 0. The first-order valence-corrected chi connectivity index (χ1v) is 5.40. The van der Waals surface area contributed by atoms with Crippen LogP contribution in [0.1, 0.15) is 6.42 Å². The van der Waals surface area contributed by atoms with E-state index in [0.29, 0.717) is 13.2 Å². The Kier molecular flexibility index (Phi) is 3.45. The number of methoxy groups -OCH3 is 1. The van der Waals surface area contributed by atoms with Gasteiger partial charge in [0.25, 0.3) is 0 Å². The van der Waals surface area contributed by atoms with Crippen molar-refractivity contribution in [3.8, 4) is 0 Å². The topological polar surface area (TPSA) is 55.8 Å². The SMILES string of the molecule is COCCS(=O)(=O)N1CCCO1. The maximum Gasteiger partial charge on any atom is 0.238 e. The average Bonchev–Trinajstić information content (AvgIpc) is 2.53. The number of ether oxygens (including phenoxy) is 1. The normalized spacial score (nSPS) is 20.1. The molecule has 1 rings (SSSR count). The lowest BCUT2D eigenvalue weighted by Gasteiger charge is -2.13. The molecule has 1 fully saturated rings. The van der Waals surface area contributed by atoms with Crippen LogP contribution < -0.4 is 0 Å². The van der Waals surface area contributed by atoms with E-state index in [2.05, 4.69) is 4.74 Å². The van der Waals surface area contributed by atoms with Crippen LogP contribution in [0.15, 0.2) is 0 Å². The highest BCUT2D eigenvalue weighted by Crippen LogP contribution is 2.10. The first-order valence-electron chi connectivity index (χ1n) is 3.79. The molecule has 0 N–H and O–H groups in total. The van der Waals surface area contributed by atoms with E-state index in [0.717, 1.165) is 10.9 Å². The van der Waals surface area contributed by atoms with Gasteiger partial charge in [0, 0.05) is 13.7 Å². The average molecular weight is 195 g/mol. The molecule has 0 aromatic heterocycles. The van der Waals surface area contributed by atoms with E-state index in [-0.39, 0.29) is 12.4 Å². The Morgan fingerprint density at radius 1 is 1.58 bits per heavy atom. The molecular formula is C6H13NO4S. The zero-order chi connectivity index (χ0) is 9.03. The number of hydroxylamine groups is 1. The van der Waals surface area contributed by atoms with E-state index >= 15 is 0 Å². The number of sulfonamides is 1. The summed E-state index contributed by atoms with van der Waals surface area (Å²) in [4.78, 5) is 4.90. The van der Waals surface area contributed by atoms with Crippen LogP contribution in [0.2, 0.25) is 0 Å². The van der Waals surface area contributed by atoms with Crippen molar-refractivity contribution in [3.05, 3.63) is 0 Å². The minimum Gasteiger partial charge on any atom is -0.384 e. The molecule has 5 nitrogen and oxygen atoms in total. The number of nitrogens with zero attached hydrogens (tertiary/aromatic N) is 1. The van der Waals surface area contributed by atoms with Crippen molar-refractivity contribution in [2.75, 3.05) is 32.6 Å². The first-order chi connectivity index (χ1) is 5.67. The van der Waals surface area contributed by atoms with Crippen molar-refractivity contribution in [3.63, 3.8) is 0 Å². The molecule has 0 radical (unpaired) electrons. The van der Waals surface area contributed by atoms with Crippen LogP contribution >= 0.6 is 0 Å². The molecule has 1 aliphatic rings. The minimum atomic E-state index is -3.24. The lowest BCUT2D eigenvalue weighted by Crippen LogP contribution is -2.30. The third-order valence-electron chi connectivity index (χ3n) is 1.58. The summed E-state index contributed by atoms with van der Waals surface area (Å²) >= 11 is 0. The number of hydrogen-bond donors (Lipinski definition) is 0. The van der Waals surface area contributed by atoms with Gasteiger partial charge in [0.05, 0.1) is 19.0 Å². The fraction of sp³-hybridized carbons (Fsp3) is 1.00. The standard InChI is InChI=1S/C6H13NO4S/c1-10-5-6-12(8,9)7-3-2-4-11-7/h2-6H2,1H3. The van der Waals surface area contributed by atoms with Gasteiger partial charge >= 0.3 is 0 Å². The summed E-state index contributed by atoms with van der Waals surface area (Å²) in [6.07, 6.45) is 0.770. The highest BCUT2D eigenvalue weighted by Gasteiger charge is 2.25. The maximum atomic E-state index is 11.3. The van der Waals surface area contributed by atoms with Crippen LogP contribution in [0.5, 0.6) is 0 Å². The van der Waals surface area contributed by atoms with E-state index in [9.17, 15) is 8.42 Å². The Morgan fingerprint density at radius 3 is 2.83 bits per heavy atom. The van der Waals surface area contributed by atoms with Crippen molar-refractivity contribution in [1.82, 2.24) is 4.47 Å². The van der Waals surface area contributed by atoms with Crippen molar-refractivity contribution in [2.24, 2.45) is 0 Å². The van der Waals surface area contributed by atoms with Crippen molar-refractivity contribution >= 4 is 10.0 Å². The van der Waals surface area contributed by atoms with Gasteiger partial charge in [-0.25, -0.2) is 8.42 Å². The largest absolute Gasteiger partial charge is 0.384 e. The molecule has 1 heterocycles. The molecule has 0 amide bonds. The van der Waals surface area contributed by atoms with E-state index in [1.165, 1.54) is 7.11 Å². The van der Waals surface area contributed by atoms with Crippen LogP contribution in [0.25, 0.3) is 0 Å². The molecule has 72 valence electrons. The van der Waals surface area contributed by atoms with Crippen molar-refractivity contribution < 1.29 is 18.0 Å². The van der Waals surface area contributed by atoms with E-state index < -0.39 is 10.0 Å². The van der Waals surface area contributed by atoms with Gasteiger partial charge < -0.3 is 4.74 Å². The molecule has 0 bridgehead atoms. The van der Waals surface area contributed by atoms with Gasteiger partial charge in [-0.2, -0.15) is 0 Å². The fourth-order valence-electron chi connectivity index (χ4n) is 0.934. The van der Waals surface area contributed by atoms with Crippen molar-refractivity contribution in [1.29, 1.82) is 0 Å². The molecule has 12 heavy (non-hydrogen) atoms. The van der Waals surface area contributed by atoms with E-state index in [1.807, 2.05) is 0 Å². The molecule has 6 heteroatoms. The predicted molar refractivity (Wildman–Crippen MR) is 42.9 cm³/mol. The summed E-state index contributed by atoms with van der Waals surface area (Å²) in [5, 5.41) is 0. The van der Waals surface area contributed by atoms with Crippen LogP contribution in [0.4, 0.5) is 0 Å². The van der Waals surface area contributed by atoms with Gasteiger partial charge in [-0.1, -0.05) is 4.47 Å². The zero-order valence-electron chi connectivity index (χ0n) is 7.02. The monoisotopic (exact) mass is 195 g/mol. The summed E-state index contributed by atoms with van der Waals surface area (Å²) in [5.41, 5.74) is 0. The van der Waals surface area contributed by atoms with Crippen LogP contribution in [0, 0.1) is 0 Å². The molecule has 0 atom stereocenters.